The van der Waals surface area contributed by atoms with E-state index in [1.54, 1.807) is 0 Å². The Morgan fingerprint density at radius 3 is 2.94 bits per heavy atom. The maximum absolute atomic E-state index is 4.58. The van der Waals surface area contributed by atoms with Crippen molar-refractivity contribution in [1.82, 2.24) is 15.1 Å². The van der Waals surface area contributed by atoms with E-state index >= 15 is 0 Å². The number of nitrogens with one attached hydrogen (secondary N) is 1. The van der Waals surface area contributed by atoms with E-state index in [-0.39, 0.29) is 0 Å². The van der Waals surface area contributed by atoms with Crippen molar-refractivity contribution in [3.8, 4) is 10.6 Å². The highest BCUT2D eigenvalue weighted by Gasteiger charge is 2.21. The molecule has 17 heavy (non-hydrogen) atoms. The van der Waals surface area contributed by atoms with Gasteiger partial charge in [-0.25, -0.2) is 0 Å². The molecular formula is C13H17N3S. The predicted molar refractivity (Wildman–Crippen MR) is 71.1 cm³/mol. The van der Waals surface area contributed by atoms with Crippen molar-refractivity contribution < 1.29 is 0 Å². The number of thiophene rings is 1. The lowest BCUT2D eigenvalue weighted by molar-refractivity contribution is 0.687. The Morgan fingerprint density at radius 1 is 1.47 bits per heavy atom. The lowest BCUT2D eigenvalue weighted by atomic mass is 10.2. The van der Waals surface area contributed by atoms with Crippen LogP contribution in [0.5, 0.6) is 0 Å². The molecule has 2 aromatic rings. The standard InChI is InChI=1S/C13H17N3S/c1-9-3-6-12(17-9)13-10(8-16(2)15-13)7-14-11-4-5-11/h3,6,8,11,14H,4-5,7H2,1-2H3. The van der Waals surface area contributed by atoms with E-state index in [9.17, 15) is 0 Å². The highest BCUT2D eigenvalue weighted by Crippen LogP contribution is 2.29. The zero-order chi connectivity index (χ0) is 11.8. The first-order valence-corrected chi connectivity index (χ1v) is 6.87. The summed E-state index contributed by atoms with van der Waals surface area (Å²) in [6, 6.07) is 5.07. The number of rotatable bonds is 4. The minimum atomic E-state index is 0.744. The van der Waals surface area contributed by atoms with Crippen LogP contribution >= 0.6 is 11.3 Å². The van der Waals surface area contributed by atoms with E-state index in [4.69, 9.17) is 0 Å². The number of nitrogens with zero attached hydrogens (tertiary/aromatic N) is 2. The summed E-state index contributed by atoms with van der Waals surface area (Å²) in [7, 11) is 1.99. The minimum absolute atomic E-state index is 0.744. The Bertz CT molecular complexity index is 523. The van der Waals surface area contributed by atoms with Gasteiger partial charge in [-0.05, 0) is 31.9 Å². The zero-order valence-corrected chi connectivity index (χ0v) is 11.0. The SMILES string of the molecule is Cc1ccc(-c2nn(C)cc2CNC2CC2)s1. The average Bonchev–Trinajstić information content (AvgIpc) is 2.91. The van der Waals surface area contributed by atoms with Gasteiger partial charge in [0.05, 0.1) is 4.88 Å². The fraction of sp³-hybridized carbons (Fsp3) is 0.462. The van der Waals surface area contributed by atoms with E-state index in [0.717, 1.165) is 18.3 Å². The molecule has 0 saturated heterocycles. The summed E-state index contributed by atoms with van der Waals surface area (Å²) in [6.45, 7) is 3.07. The van der Waals surface area contributed by atoms with Crippen LogP contribution in [-0.2, 0) is 13.6 Å². The van der Waals surface area contributed by atoms with Crippen LogP contribution in [0.4, 0.5) is 0 Å². The van der Waals surface area contributed by atoms with Crippen molar-refractivity contribution in [3.63, 3.8) is 0 Å². The molecule has 3 rings (SSSR count). The van der Waals surface area contributed by atoms with E-state index < -0.39 is 0 Å². The lowest BCUT2D eigenvalue weighted by Crippen LogP contribution is -2.15. The summed E-state index contributed by atoms with van der Waals surface area (Å²) in [5, 5.41) is 8.13. The third kappa shape index (κ3) is 2.42. The smallest absolute Gasteiger partial charge is 0.107 e. The molecule has 0 radical (unpaired) electrons. The number of hydrogen-bond acceptors (Lipinski definition) is 3. The molecule has 0 bridgehead atoms. The third-order valence-electron chi connectivity index (χ3n) is 3.04. The molecule has 0 aliphatic heterocycles. The number of aryl methyl sites for hydroxylation is 2. The van der Waals surface area contributed by atoms with Gasteiger partial charge in [-0.3, -0.25) is 4.68 Å². The Balaban J connectivity index is 1.86. The van der Waals surface area contributed by atoms with Crippen LogP contribution in [0.15, 0.2) is 18.3 Å². The van der Waals surface area contributed by atoms with Gasteiger partial charge < -0.3 is 5.32 Å². The van der Waals surface area contributed by atoms with Crippen molar-refractivity contribution in [2.75, 3.05) is 0 Å². The molecule has 1 N–H and O–H groups in total. The fourth-order valence-electron chi connectivity index (χ4n) is 1.98. The van der Waals surface area contributed by atoms with Crippen LogP contribution in [0.1, 0.15) is 23.3 Å². The summed E-state index contributed by atoms with van der Waals surface area (Å²) in [4.78, 5) is 2.61. The van der Waals surface area contributed by atoms with Crippen LogP contribution in [0.25, 0.3) is 10.6 Å². The van der Waals surface area contributed by atoms with Crippen LogP contribution in [0, 0.1) is 6.92 Å². The van der Waals surface area contributed by atoms with Crippen molar-refractivity contribution in [2.24, 2.45) is 7.05 Å². The topological polar surface area (TPSA) is 29.9 Å². The number of hydrogen-bond donors (Lipinski definition) is 1. The summed E-state index contributed by atoms with van der Waals surface area (Å²) >= 11 is 1.81. The molecule has 4 heteroatoms. The highest BCUT2D eigenvalue weighted by molar-refractivity contribution is 7.15. The Labute approximate surface area is 105 Å². The second-order valence-electron chi connectivity index (χ2n) is 4.74. The van der Waals surface area contributed by atoms with E-state index in [1.807, 2.05) is 23.1 Å². The average molecular weight is 247 g/mol. The molecule has 1 aliphatic rings. The van der Waals surface area contributed by atoms with Crippen LogP contribution in [0.3, 0.4) is 0 Å². The first-order valence-electron chi connectivity index (χ1n) is 6.05. The Kier molecular flexibility index (Phi) is 2.76. The van der Waals surface area contributed by atoms with Gasteiger partial charge in [-0.15, -0.1) is 11.3 Å². The molecule has 1 saturated carbocycles. The lowest BCUT2D eigenvalue weighted by Gasteiger charge is -2.01. The monoisotopic (exact) mass is 247 g/mol. The first-order chi connectivity index (χ1) is 8.22. The summed E-state index contributed by atoms with van der Waals surface area (Å²) in [5.74, 6) is 0. The Hall–Kier alpha value is -1.13. The van der Waals surface area contributed by atoms with Gasteiger partial charge in [0, 0.05) is 36.3 Å². The van der Waals surface area contributed by atoms with Crippen molar-refractivity contribution in [1.29, 1.82) is 0 Å². The summed E-state index contributed by atoms with van der Waals surface area (Å²) < 4.78 is 1.91. The Morgan fingerprint density at radius 2 is 2.29 bits per heavy atom. The summed E-state index contributed by atoms with van der Waals surface area (Å²) in [5.41, 5.74) is 2.44. The van der Waals surface area contributed by atoms with Gasteiger partial charge in [0.2, 0.25) is 0 Å². The fourth-order valence-corrected chi connectivity index (χ4v) is 2.87. The third-order valence-corrected chi connectivity index (χ3v) is 4.04. The predicted octanol–water partition coefficient (Wildman–Crippen LogP) is 2.71. The van der Waals surface area contributed by atoms with Gasteiger partial charge in [0.1, 0.15) is 5.69 Å². The molecule has 0 unspecified atom stereocenters. The molecule has 0 atom stereocenters. The van der Waals surface area contributed by atoms with Gasteiger partial charge in [0.15, 0.2) is 0 Å². The van der Waals surface area contributed by atoms with Crippen LogP contribution < -0.4 is 5.32 Å². The minimum Gasteiger partial charge on any atom is -0.310 e. The van der Waals surface area contributed by atoms with E-state index in [0.29, 0.717) is 0 Å². The second-order valence-corrected chi connectivity index (χ2v) is 6.03. The maximum atomic E-state index is 4.58. The van der Waals surface area contributed by atoms with E-state index in [1.165, 1.54) is 28.2 Å². The second kappa shape index (κ2) is 4.27. The van der Waals surface area contributed by atoms with Crippen molar-refractivity contribution in [2.45, 2.75) is 32.4 Å². The van der Waals surface area contributed by atoms with Gasteiger partial charge in [-0.1, -0.05) is 0 Å². The largest absolute Gasteiger partial charge is 0.310 e. The maximum Gasteiger partial charge on any atom is 0.107 e. The molecule has 1 aliphatic carbocycles. The van der Waals surface area contributed by atoms with Crippen molar-refractivity contribution in [3.05, 3.63) is 28.8 Å². The molecule has 3 nitrogen and oxygen atoms in total. The van der Waals surface area contributed by atoms with Crippen LogP contribution in [-0.4, -0.2) is 15.8 Å². The normalized spacial score (nSPS) is 15.4. The molecule has 0 aromatic carbocycles. The van der Waals surface area contributed by atoms with Crippen LogP contribution in [0.2, 0.25) is 0 Å². The summed E-state index contributed by atoms with van der Waals surface area (Å²) in [6.07, 6.45) is 4.78. The van der Waals surface area contributed by atoms with Crippen molar-refractivity contribution >= 4 is 11.3 Å². The molecular weight excluding hydrogens is 230 g/mol. The zero-order valence-electron chi connectivity index (χ0n) is 10.2. The molecule has 1 fully saturated rings. The first kappa shape index (κ1) is 11.0. The quantitative estimate of drug-likeness (QED) is 0.900. The number of aromatic nitrogens is 2. The molecule has 0 amide bonds. The molecule has 2 aromatic heterocycles. The van der Waals surface area contributed by atoms with E-state index in [2.05, 4.69) is 35.7 Å². The van der Waals surface area contributed by atoms with Gasteiger partial charge in [-0.2, -0.15) is 5.10 Å². The highest BCUT2D eigenvalue weighted by atomic mass is 32.1. The van der Waals surface area contributed by atoms with Gasteiger partial charge >= 0.3 is 0 Å². The molecule has 2 heterocycles. The van der Waals surface area contributed by atoms with Gasteiger partial charge in [0.25, 0.3) is 0 Å². The molecule has 90 valence electrons. The molecule has 0 spiro atoms.